The highest BCUT2D eigenvalue weighted by Gasteiger charge is 2.12. The monoisotopic (exact) mass is 302 g/mol. The van der Waals surface area contributed by atoms with Crippen LogP contribution in [0.2, 0.25) is 5.02 Å². The van der Waals surface area contributed by atoms with Gasteiger partial charge in [0.2, 0.25) is 0 Å². The van der Waals surface area contributed by atoms with Crippen molar-refractivity contribution in [1.82, 2.24) is 9.55 Å². The number of aromatic nitrogens is 2. The quantitative estimate of drug-likeness (QED) is 0.723. The summed E-state index contributed by atoms with van der Waals surface area (Å²) < 4.78 is 14.9. The molecule has 1 heterocycles. The van der Waals surface area contributed by atoms with Crippen LogP contribution in [0.5, 0.6) is 0 Å². The van der Waals surface area contributed by atoms with Gasteiger partial charge in [0.05, 0.1) is 16.6 Å². The van der Waals surface area contributed by atoms with E-state index in [1.54, 1.807) is 24.3 Å². The lowest BCUT2D eigenvalue weighted by Crippen LogP contribution is -2.23. The molecule has 0 radical (unpaired) electrons. The highest BCUT2D eigenvalue weighted by atomic mass is 35.5. The van der Waals surface area contributed by atoms with E-state index < -0.39 is 5.82 Å². The van der Waals surface area contributed by atoms with E-state index in [2.05, 4.69) is 4.98 Å². The molecule has 0 aliphatic rings. The number of hydrogen-bond acceptors (Lipinski definition) is 2. The normalized spacial score (nSPS) is 11.0. The average Bonchev–Trinajstić information content (AvgIpc) is 2.49. The maximum absolute atomic E-state index is 13.4. The Labute approximate surface area is 125 Å². The molecule has 2 aromatic carbocycles. The van der Waals surface area contributed by atoms with E-state index in [0.29, 0.717) is 28.5 Å². The first-order valence-corrected chi connectivity index (χ1v) is 6.95. The van der Waals surface area contributed by atoms with Gasteiger partial charge in [0.15, 0.2) is 0 Å². The first-order chi connectivity index (χ1) is 10.1. The number of aryl methyl sites for hydroxylation is 1. The topological polar surface area (TPSA) is 34.9 Å². The summed E-state index contributed by atoms with van der Waals surface area (Å²) in [6.07, 6.45) is 0.588. The maximum Gasteiger partial charge on any atom is 0.266 e. The molecule has 106 valence electrons. The Hall–Kier alpha value is -2.20. The van der Waals surface area contributed by atoms with Crippen molar-refractivity contribution in [3.63, 3.8) is 0 Å². The van der Waals surface area contributed by atoms with Crippen molar-refractivity contribution in [3.05, 3.63) is 69.5 Å². The molecular weight excluding hydrogens is 291 g/mol. The van der Waals surface area contributed by atoms with Gasteiger partial charge in [0.25, 0.3) is 5.56 Å². The Morgan fingerprint density at radius 2 is 1.90 bits per heavy atom. The zero-order chi connectivity index (χ0) is 15.0. The molecule has 0 amide bonds. The molecule has 3 aromatic rings. The molecule has 0 aliphatic heterocycles. The third-order valence-corrected chi connectivity index (χ3v) is 3.55. The number of benzene rings is 2. The molecule has 1 aromatic heterocycles. The van der Waals surface area contributed by atoms with Gasteiger partial charge >= 0.3 is 0 Å². The Morgan fingerprint density at radius 1 is 1.19 bits per heavy atom. The number of halogens is 2. The van der Waals surface area contributed by atoms with Crippen LogP contribution in [0.4, 0.5) is 4.39 Å². The number of nitrogens with zero attached hydrogens (tertiary/aromatic N) is 2. The minimum Gasteiger partial charge on any atom is -0.268 e. The lowest BCUT2D eigenvalue weighted by molar-refractivity contribution is 0.629. The van der Waals surface area contributed by atoms with E-state index in [-0.39, 0.29) is 10.9 Å². The van der Waals surface area contributed by atoms with Gasteiger partial charge in [-0.25, -0.2) is 9.37 Å². The minimum absolute atomic E-state index is 0.266. The van der Waals surface area contributed by atoms with Crippen LogP contribution < -0.4 is 5.56 Å². The number of rotatable bonds is 2. The molecule has 0 fully saturated rings. The van der Waals surface area contributed by atoms with Crippen LogP contribution in [0.1, 0.15) is 12.7 Å². The average molecular weight is 303 g/mol. The van der Waals surface area contributed by atoms with Crippen molar-refractivity contribution in [2.75, 3.05) is 0 Å². The second-order valence-corrected chi connectivity index (χ2v) is 5.10. The predicted molar refractivity (Wildman–Crippen MR) is 81.7 cm³/mol. The first kappa shape index (κ1) is 13.8. The van der Waals surface area contributed by atoms with Crippen molar-refractivity contribution in [1.29, 1.82) is 0 Å². The minimum atomic E-state index is -0.451. The second kappa shape index (κ2) is 5.30. The molecule has 0 atom stereocenters. The van der Waals surface area contributed by atoms with Crippen LogP contribution in [0, 0.1) is 5.82 Å². The number of hydrogen-bond donors (Lipinski definition) is 0. The summed E-state index contributed by atoms with van der Waals surface area (Å²) in [7, 11) is 0. The van der Waals surface area contributed by atoms with E-state index in [4.69, 9.17) is 11.6 Å². The molecule has 5 heteroatoms. The summed E-state index contributed by atoms with van der Waals surface area (Å²) in [5, 5.41) is 0.854. The summed E-state index contributed by atoms with van der Waals surface area (Å²) in [4.78, 5) is 17.1. The number of fused-ring (bicyclic) bond motifs is 1. The summed E-state index contributed by atoms with van der Waals surface area (Å²) >= 11 is 5.88. The maximum atomic E-state index is 13.4. The summed E-state index contributed by atoms with van der Waals surface area (Å²) in [5.41, 5.74) is 0.891. The predicted octanol–water partition coefficient (Wildman–Crippen LogP) is 3.74. The van der Waals surface area contributed by atoms with Gasteiger partial charge in [-0.2, -0.15) is 0 Å². The van der Waals surface area contributed by atoms with Crippen molar-refractivity contribution >= 4 is 22.5 Å². The fourth-order valence-electron chi connectivity index (χ4n) is 2.30. The third kappa shape index (κ3) is 2.43. The van der Waals surface area contributed by atoms with Gasteiger partial charge in [-0.05, 0) is 42.5 Å². The molecule has 21 heavy (non-hydrogen) atoms. The van der Waals surface area contributed by atoms with E-state index >= 15 is 0 Å². The van der Waals surface area contributed by atoms with Crippen LogP contribution in [-0.2, 0) is 6.42 Å². The van der Waals surface area contributed by atoms with Crippen LogP contribution in [0.15, 0.2) is 47.3 Å². The molecule has 0 spiro atoms. The Balaban J connectivity index is 2.37. The lowest BCUT2D eigenvalue weighted by atomic mass is 10.2. The summed E-state index contributed by atoms with van der Waals surface area (Å²) in [6, 6.07) is 11.0. The Bertz CT molecular complexity index is 872. The van der Waals surface area contributed by atoms with Crippen LogP contribution >= 0.6 is 11.6 Å². The molecule has 3 nitrogen and oxygen atoms in total. The highest BCUT2D eigenvalue weighted by molar-refractivity contribution is 6.30. The molecule has 0 saturated carbocycles. The van der Waals surface area contributed by atoms with Crippen molar-refractivity contribution in [2.45, 2.75) is 13.3 Å². The third-order valence-electron chi connectivity index (χ3n) is 3.30. The summed E-state index contributed by atoms with van der Waals surface area (Å²) in [5.74, 6) is 0.176. The zero-order valence-electron chi connectivity index (χ0n) is 11.3. The largest absolute Gasteiger partial charge is 0.268 e. The van der Waals surface area contributed by atoms with Gasteiger partial charge in [0.1, 0.15) is 11.6 Å². The van der Waals surface area contributed by atoms with E-state index in [1.807, 2.05) is 6.92 Å². The standard InChI is InChI=1S/C16H12ClFN2O/c1-2-15-19-14-8-5-11(18)9-13(14)16(21)20(15)12-6-3-10(17)4-7-12/h3-9H,2H2,1H3. The van der Waals surface area contributed by atoms with E-state index in [9.17, 15) is 9.18 Å². The van der Waals surface area contributed by atoms with Gasteiger partial charge in [0, 0.05) is 11.4 Å². The zero-order valence-corrected chi connectivity index (χ0v) is 12.1. The Kier molecular flexibility index (Phi) is 3.47. The molecular formula is C16H12ClFN2O. The van der Waals surface area contributed by atoms with Crippen molar-refractivity contribution < 1.29 is 4.39 Å². The van der Waals surface area contributed by atoms with Gasteiger partial charge in [-0.1, -0.05) is 18.5 Å². The second-order valence-electron chi connectivity index (χ2n) is 4.66. The summed E-state index contributed by atoms with van der Waals surface area (Å²) in [6.45, 7) is 1.92. The smallest absolute Gasteiger partial charge is 0.266 e. The molecule has 0 saturated heterocycles. The molecule has 0 bridgehead atoms. The molecule has 0 aliphatic carbocycles. The van der Waals surface area contributed by atoms with Crippen LogP contribution in [-0.4, -0.2) is 9.55 Å². The fourth-order valence-corrected chi connectivity index (χ4v) is 2.42. The first-order valence-electron chi connectivity index (χ1n) is 6.57. The van der Waals surface area contributed by atoms with Crippen LogP contribution in [0.25, 0.3) is 16.6 Å². The van der Waals surface area contributed by atoms with Crippen LogP contribution in [0.3, 0.4) is 0 Å². The Morgan fingerprint density at radius 3 is 2.57 bits per heavy atom. The van der Waals surface area contributed by atoms with Gasteiger partial charge in [-0.3, -0.25) is 9.36 Å². The highest BCUT2D eigenvalue weighted by Crippen LogP contribution is 2.16. The molecule has 0 N–H and O–H groups in total. The van der Waals surface area contributed by atoms with E-state index in [1.165, 1.54) is 22.8 Å². The SMILES string of the molecule is CCc1nc2ccc(F)cc2c(=O)n1-c1ccc(Cl)cc1. The van der Waals surface area contributed by atoms with E-state index in [0.717, 1.165) is 0 Å². The molecule has 3 rings (SSSR count). The van der Waals surface area contributed by atoms with Gasteiger partial charge in [-0.15, -0.1) is 0 Å². The van der Waals surface area contributed by atoms with Crippen molar-refractivity contribution in [3.8, 4) is 5.69 Å². The fraction of sp³-hybridized carbons (Fsp3) is 0.125. The lowest BCUT2D eigenvalue weighted by Gasteiger charge is -2.12. The van der Waals surface area contributed by atoms with Crippen molar-refractivity contribution in [2.24, 2.45) is 0 Å². The van der Waals surface area contributed by atoms with Gasteiger partial charge < -0.3 is 0 Å². The molecule has 0 unspecified atom stereocenters.